The van der Waals surface area contributed by atoms with Crippen LogP contribution < -0.4 is 4.90 Å². The molecule has 2 heterocycles. The first-order valence-electron chi connectivity index (χ1n) is 5.72. The van der Waals surface area contributed by atoms with Crippen LogP contribution in [-0.4, -0.2) is 28.9 Å². The molecule has 0 unspecified atom stereocenters. The van der Waals surface area contributed by atoms with Crippen molar-refractivity contribution in [1.29, 1.82) is 0 Å². The lowest BCUT2D eigenvalue weighted by molar-refractivity contribution is 0.623. The molecule has 5 nitrogen and oxygen atoms in total. The quantitative estimate of drug-likeness (QED) is 0.691. The molecule has 0 saturated carbocycles. The summed E-state index contributed by atoms with van der Waals surface area (Å²) in [6.07, 6.45) is 0. The molecule has 3 rings (SSSR count). The van der Waals surface area contributed by atoms with Crippen LogP contribution in [-0.2, 0) is 7.05 Å². The average molecular weight is 242 g/mol. The van der Waals surface area contributed by atoms with E-state index >= 15 is 0 Å². The standard InChI is InChI=1S/C13H14N4O/c1-16(2)13-14-12(15-17(13)3)11-8-9-6-4-5-7-10(9)18-11/h4-8H,1-3H3. The maximum Gasteiger partial charge on any atom is 0.223 e. The molecule has 92 valence electrons. The molecule has 0 amide bonds. The Labute approximate surface area is 105 Å². The molecule has 3 aromatic rings. The third-order valence-corrected chi connectivity index (χ3v) is 2.79. The number of aryl methyl sites for hydroxylation is 1. The average Bonchev–Trinajstić information content (AvgIpc) is 2.91. The number of rotatable bonds is 2. The van der Waals surface area contributed by atoms with Crippen molar-refractivity contribution in [1.82, 2.24) is 14.8 Å². The third kappa shape index (κ3) is 1.64. The highest BCUT2D eigenvalue weighted by molar-refractivity contribution is 5.81. The van der Waals surface area contributed by atoms with Gasteiger partial charge in [0, 0.05) is 26.5 Å². The predicted molar refractivity (Wildman–Crippen MR) is 70.5 cm³/mol. The van der Waals surface area contributed by atoms with E-state index in [2.05, 4.69) is 10.1 Å². The van der Waals surface area contributed by atoms with Crippen LogP contribution >= 0.6 is 0 Å². The molecule has 0 saturated heterocycles. The molecule has 18 heavy (non-hydrogen) atoms. The van der Waals surface area contributed by atoms with Crippen molar-refractivity contribution in [2.75, 3.05) is 19.0 Å². The number of aromatic nitrogens is 3. The lowest BCUT2D eigenvalue weighted by atomic mass is 10.2. The van der Waals surface area contributed by atoms with Crippen LogP contribution in [0, 0.1) is 0 Å². The first-order chi connectivity index (χ1) is 8.65. The summed E-state index contributed by atoms with van der Waals surface area (Å²) in [7, 11) is 5.74. The lowest BCUT2D eigenvalue weighted by Gasteiger charge is -2.08. The van der Waals surface area contributed by atoms with Crippen LogP contribution in [0.15, 0.2) is 34.7 Å². The van der Waals surface area contributed by atoms with Crippen LogP contribution in [0.2, 0.25) is 0 Å². The van der Waals surface area contributed by atoms with Crippen LogP contribution in [0.4, 0.5) is 5.95 Å². The van der Waals surface area contributed by atoms with Gasteiger partial charge >= 0.3 is 0 Å². The largest absolute Gasteiger partial charge is 0.453 e. The first kappa shape index (κ1) is 10.8. The number of anilines is 1. The van der Waals surface area contributed by atoms with Gasteiger partial charge in [-0.15, -0.1) is 5.10 Å². The second-order valence-corrected chi connectivity index (χ2v) is 4.40. The highest BCUT2D eigenvalue weighted by Gasteiger charge is 2.14. The SMILES string of the molecule is CN(C)c1nc(-c2cc3ccccc3o2)nn1C. The van der Waals surface area contributed by atoms with Crippen molar-refractivity contribution < 1.29 is 4.42 Å². The molecule has 0 radical (unpaired) electrons. The van der Waals surface area contributed by atoms with E-state index < -0.39 is 0 Å². The maximum absolute atomic E-state index is 5.75. The summed E-state index contributed by atoms with van der Waals surface area (Å²) >= 11 is 0. The maximum atomic E-state index is 5.75. The van der Waals surface area contributed by atoms with Crippen LogP contribution in [0.3, 0.4) is 0 Å². The van der Waals surface area contributed by atoms with E-state index in [0.717, 1.165) is 16.9 Å². The summed E-state index contributed by atoms with van der Waals surface area (Å²) in [6, 6.07) is 9.85. The fourth-order valence-electron chi connectivity index (χ4n) is 1.96. The molecule has 2 aromatic heterocycles. The first-order valence-corrected chi connectivity index (χ1v) is 5.72. The lowest BCUT2D eigenvalue weighted by Crippen LogP contribution is -2.14. The van der Waals surface area contributed by atoms with E-state index in [9.17, 15) is 0 Å². The van der Waals surface area contributed by atoms with Crippen LogP contribution in [0.25, 0.3) is 22.6 Å². The molecule has 0 aliphatic carbocycles. The Morgan fingerprint density at radius 2 is 2.00 bits per heavy atom. The molecule has 1 aromatic carbocycles. The van der Waals surface area contributed by atoms with E-state index in [1.165, 1.54) is 0 Å². The third-order valence-electron chi connectivity index (χ3n) is 2.79. The van der Waals surface area contributed by atoms with Crippen molar-refractivity contribution in [3.05, 3.63) is 30.3 Å². The molecule has 5 heteroatoms. The molecule has 0 aliphatic rings. The van der Waals surface area contributed by atoms with Gasteiger partial charge in [0.05, 0.1) is 0 Å². The van der Waals surface area contributed by atoms with Gasteiger partial charge in [0.1, 0.15) is 5.58 Å². The molecule has 0 spiro atoms. The summed E-state index contributed by atoms with van der Waals surface area (Å²) in [6.45, 7) is 0. The summed E-state index contributed by atoms with van der Waals surface area (Å²) in [5.74, 6) is 2.10. The zero-order valence-corrected chi connectivity index (χ0v) is 10.6. The fourth-order valence-corrected chi connectivity index (χ4v) is 1.96. The number of benzene rings is 1. The van der Waals surface area contributed by atoms with Crippen molar-refractivity contribution >= 4 is 16.9 Å². The fraction of sp³-hybridized carbons (Fsp3) is 0.231. The second kappa shape index (κ2) is 3.87. The minimum atomic E-state index is 0.609. The predicted octanol–water partition coefficient (Wildman–Crippen LogP) is 2.29. The Balaban J connectivity index is 2.11. The highest BCUT2D eigenvalue weighted by atomic mass is 16.3. The van der Waals surface area contributed by atoms with Gasteiger partial charge in [-0.1, -0.05) is 18.2 Å². The molecule has 0 atom stereocenters. The van der Waals surface area contributed by atoms with Gasteiger partial charge in [-0.3, -0.25) is 0 Å². The number of hydrogen-bond acceptors (Lipinski definition) is 4. The number of furan rings is 1. The molecule has 0 fully saturated rings. The summed E-state index contributed by atoms with van der Waals surface area (Å²) in [5.41, 5.74) is 0.853. The zero-order valence-electron chi connectivity index (χ0n) is 10.6. The smallest absolute Gasteiger partial charge is 0.223 e. The van der Waals surface area contributed by atoms with Crippen molar-refractivity contribution in [2.45, 2.75) is 0 Å². The summed E-state index contributed by atoms with van der Waals surface area (Å²) < 4.78 is 7.48. The topological polar surface area (TPSA) is 47.1 Å². The Bertz CT molecular complexity index is 663. The number of hydrogen-bond donors (Lipinski definition) is 0. The summed E-state index contributed by atoms with van der Waals surface area (Å²) in [5, 5.41) is 5.43. The van der Waals surface area contributed by atoms with Crippen LogP contribution in [0.5, 0.6) is 0 Å². The van der Waals surface area contributed by atoms with Gasteiger partial charge < -0.3 is 9.32 Å². The zero-order chi connectivity index (χ0) is 12.7. The van der Waals surface area contributed by atoms with Crippen molar-refractivity contribution in [3.63, 3.8) is 0 Å². The second-order valence-electron chi connectivity index (χ2n) is 4.40. The molecule has 0 bridgehead atoms. The Hall–Kier alpha value is -2.30. The normalized spacial score (nSPS) is 11.1. The summed E-state index contributed by atoms with van der Waals surface area (Å²) in [4.78, 5) is 6.37. The van der Waals surface area contributed by atoms with E-state index in [1.807, 2.05) is 56.4 Å². The van der Waals surface area contributed by atoms with E-state index in [1.54, 1.807) is 4.68 Å². The number of para-hydroxylation sites is 1. The minimum Gasteiger partial charge on any atom is -0.453 e. The van der Waals surface area contributed by atoms with Crippen molar-refractivity contribution in [2.24, 2.45) is 7.05 Å². The van der Waals surface area contributed by atoms with Gasteiger partial charge in [0.2, 0.25) is 11.8 Å². The van der Waals surface area contributed by atoms with E-state index in [-0.39, 0.29) is 0 Å². The molecule has 0 N–H and O–H groups in total. The van der Waals surface area contributed by atoms with Crippen LogP contribution in [0.1, 0.15) is 0 Å². The van der Waals surface area contributed by atoms with Gasteiger partial charge in [-0.25, -0.2) is 4.68 Å². The van der Waals surface area contributed by atoms with Gasteiger partial charge in [0.15, 0.2) is 5.76 Å². The van der Waals surface area contributed by atoms with Gasteiger partial charge in [-0.2, -0.15) is 4.98 Å². The van der Waals surface area contributed by atoms with Gasteiger partial charge in [-0.05, 0) is 12.1 Å². The minimum absolute atomic E-state index is 0.609. The number of fused-ring (bicyclic) bond motifs is 1. The van der Waals surface area contributed by atoms with Crippen molar-refractivity contribution in [3.8, 4) is 11.6 Å². The Morgan fingerprint density at radius 1 is 1.22 bits per heavy atom. The number of nitrogens with zero attached hydrogens (tertiary/aromatic N) is 4. The van der Waals surface area contributed by atoms with Gasteiger partial charge in [0.25, 0.3) is 0 Å². The molecular weight excluding hydrogens is 228 g/mol. The van der Waals surface area contributed by atoms with E-state index in [4.69, 9.17) is 4.42 Å². The monoisotopic (exact) mass is 242 g/mol. The Kier molecular flexibility index (Phi) is 2.33. The van der Waals surface area contributed by atoms with E-state index in [0.29, 0.717) is 11.6 Å². The molecule has 0 aliphatic heterocycles. The Morgan fingerprint density at radius 3 is 2.67 bits per heavy atom. The molecular formula is C13H14N4O. The highest BCUT2D eigenvalue weighted by Crippen LogP contribution is 2.26.